The molecule has 0 amide bonds. The second-order valence-corrected chi connectivity index (χ2v) is 5.63. The van der Waals surface area contributed by atoms with Gasteiger partial charge in [-0.1, -0.05) is 36.4 Å². The predicted octanol–water partition coefficient (Wildman–Crippen LogP) is 3.59. The van der Waals surface area contributed by atoms with Crippen LogP contribution in [0.1, 0.15) is 21.8 Å². The van der Waals surface area contributed by atoms with Gasteiger partial charge in [-0.2, -0.15) is 0 Å². The van der Waals surface area contributed by atoms with E-state index in [2.05, 4.69) is 6.58 Å². The maximum absolute atomic E-state index is 13.3. The van der Waals surface area contributed by atoms with Crippen molar-refractivity contribution in [3.8, 4) is 17.2 Å². The topological polar surface area (TPSA) is 54.0 Å². The summed E-state index contributed by atoms with van der Waals surface area (Å²) in [7, 11) is 4.49. The molecule has 0 spiro atoms. The van der Waals surface area contributed by atoms with Gasteiger partial charge in [0, 0.05) is 19.2 Å². The molecule has 25 heavy (non-hydrogen) atoms. The maximum Gasteiger partial charge on any atom is 0.285 e. The third-order valence-corrected chi connectivity index (χ3v) is 4.41. The molecule has 1 unspecified atom stereocenters. The van der Waals surface area contributed by atoms with Crippen molar-refractivity contribution in [2.75, 3.05) is 21.3 Å². The van der Waals surface area contributed by atoms with Crippen LogP contribution in [0.2, 0.25) is 0 Å². The maximum atomic E-state index is 13.3. The first-order valence-electron chi connectivity index (χ1n) is 7.83. The lowest BCUT2D eigenvalue weighted by atomic mass is 9.86. The molecule has 0 radical (unpaired) electrons. The van der Waals surface area contributed by atoms with E-state index in [-0.39, 0.29) is 5.78 Å². The van der Waals surface area contributed by atoms with Gasteiger partial charge in [0.25, 0.3) is 5.79 Å². The Morgan fingerprint density at radius 2 is 1.84 bits per heavy atom. The SMILES string of the molecule is C=C[C@H](c1ccccc1)C1(OC)Oc2cc(OC)cc(OC)c2C1=O. The minimum absolute atomic E-state index is 0.307. The van der Waals surface area contributed by atoms with Crippen molar-refractivity contribution in [3.63, 3.8) is 0 Å². The Bertz CT molecular complexity index is 799. The fourth-order valence-electron chi connectivity index (χ4n) is 3.17. The van der Waals surface area contributed by atoms with Crippen molar-refractivity contribution < 1.29 is 23.7 Å². The summed E-state index contributed by atoms with van der Waals surface area (Å²) < 4.78 is 22.3. The van der Waals surface area contributed by atoms with Crippen LogP contribution in [-0.4, -0.2) is 32.9 Å². The first kappa shape index (κ1) is 17.0. The monoisotopic (exact) mass is 340 g/mol. The summed E-state index contributed by atoms with van der Waals surface area (Å²) in [6.45, 7) is 3.88. The molecule has 2 atom stereocenters. The van der Waals surface area contributed by atoms with Crippen molar-refractivity contribution >= 4 is 5.78 Å². The van der Waals surface area contributed by atoms with E-state index in [1.54, 1.807) is 18.2 Å². The van der Waals surface area contributed by atoms with Crippen molar-refractivity contribution in [3.05, 3.63) is 66.2 Å². The predicted molar refractivity (Wildman–Crippen MR) is 93.6 cm³/mol. The Morgan fingerprint density at radius 1 is 1.12 bits per heavy atom. The van der Waals surface area contributed by atoms with Crippen molar-refractivity contribution in [1.82, 2.24) is 0 Å². The van der Waals surface area contributed by atoms with Gasteiger partial charge in [0.1, 0.15) is 22.8 Å². The van der Waals surface area contributed by atoms with E-state index in [4.69, 9.17) is 18.9 Å². The second-order valence-electron chi connectivity index (χ2n) is 5.63. The number of carbonyl (C=O) groups is 1. The van der Waals surface area contributed by atoms with Gasteiger partial charge in [0.15, 0.2) is 0 Å². The van der Waals surface area contributed by atoms with Crippen LogP contribution in [0.3, 0.4) is 0 Å². The molecule has 2 aromatic carbocycles. The molecule has 3 rings (SSSR count). The van der Waals surface area contributed by atoms with E-state index >= 15 is 0 Å². The Kier molecular flexibility index (Phi) is 4.51. The minimum atomic E-state index is -1.54. The molecule has 0 aliphatic carbocycles. The molecule has 130 valence electrons. The van der Waals surface area contributed by atoms with E-state index in [0.717, 1.165) is 5.56 Å². The summed E-state index contributed by atoms with van der Waals surface area (Å²) >= 11 is 0. The van der Waals surface area contributed by atoms with Crippen LogP contribution in [0.15, 0.2) is 55.1 Å². The molecular weight excluding hydrogens is 320 g/mol. The molecular formula is C20H20O5. The van der Waals surface area contributed by atoms with Gasteiger partial charge in [-0.05, 0) is 5.56 Å². The molecule has 1 aliphatic heterocycles. The lowest BCUT2D eigenvalue weighted by Crippen LogP contribution is -2.47. The van der Waals surface area contributed by atoms with Crippen LogP contribution < -0.4 is 14.2 Å². The van der Waals surface area contributed by atoms with Crippen molar-refractivity contribution in [2.45, 2.75) is 11.7 Å². The largest absolute Gasteiger partial charge is 0.496 e. The Labute approximate surface area is 146 Å². The quantitative estimate of drug-likeness (QED) is 0.752. The molecule has 0 N–H and O–H groups in total. The van der Waals surface area contributed by atoms with Crippen LogP contribution in [0.5, 0.6) is 17.2 Å². The zero-order valence-electron chi connectivity index (χ0n) is 14.4. The lowest BCUT2D eigenvalue weighted by molar-refractivity contribution is -0.126. The number of ketones is 1. The molecule has 5 heteroatoms. The summed E-state index contributed by atoms with van der Waals surface area (Å²) in [5.74, 6) is -1.05. The van der Waals surface area contributed by atoms with E-state index in [1.807, 2.05) is 30.3 Å². The smallest absolute Gasteiger partial charge is 0.285 e. The average molecular weight is 340 g/mol. The fraction of sp³-hybridized carbons (Fsp3) is 0.250. The number of benzene rings is 2. The standard InChI is InChI=1S/C20H20O5/c1-5-15(13-9-7-6-8-10-13)20(24-4)19(21)18-16(23-3)11-14(22-2)12-17(18)25-20/h5-12,15H,1H2,2-4H3/t15-,20?/m1/s1. The highest BCUT2D eigenvalue weighted by atomic mass is 16.7. The number of hydrogen-bond acceptors (Lipinski definition) is 5. The van der Waals surface area contributed by atoms with Gasteiger partial charge in [0.05, 0.1) is 20.1 Å². The first-order valence-corrected chi connectivity index (χ1v) is 7.83. The summed E-state index contributed by atoms with van der Waals surface area (Å²) in [5.41, 5.74) is 1.21. The van der Waals surface area contributed by atoms with Crippen LogP contribution in [0.4, 0.5) is 0 Å². The van der Waals surface area contributed by atoms with Gasteiger partial charge < -0.3 is 18.9 Å². The Hall–Kier alpha value is -2.79. The third kappa shape index (κ3) is 2.57. The van der Waals surface area contributed by atoms with Gasteiger partial charge in [-0.25, -0.2) is 0 Å². The highest BCUT2D eigenvalue weighted by Crippen LogP contribution is 2.48. The van der Waals surface area contributed by atoms with E-state index in [1.165, 1.54) is 21.3 Å². The summed E-state index contributed by atoms with van der Waals surface area (Å²) in [6.07, 6.45) is 1.66. The van der Waals surface area contributed by atoms with Gasteiger partial charge >= 0.3 is 0 Å². The van der Waals surface area contributed by atoms with Crippen LogP contribution in [0.25, 0.3) is 0 Å². The minimum Gasteiger partial charge on any atom is -0.496 e. The number of ether oxygens (including phenoxy) is 4. The highest BCUT2D eigenvalue weighted by Gasteiger charge is 2.55. The Balaban J connectivity index is 2.15. The first-order chi connectivity index (χ1) is 12.1. The van der Waals surface area contributed by atoms with E-state index < -0.39 is 11.7 Å². The summed E-state index contributed by atoms with van der Waals surface area (Å²) in [6, 6.07) is 12.8. The van der Waals surface area contributed by atoms with Crippen molar-refractivity contribution in [2.24, 2.45) is 0 Å². The summed E-state index contributed by atoms with van der Waals surface area (Å²) in [5, 5.41) is 0. The Morgan fingerprint density at radius 3 is 2.40 bits per heavy atom. The van der Waals surface area contributed by atoms with Crippen LogP contribution >= 0.6 is 0 Å². The number of carbonyl (C=O) groups excluding carboxylic acids is 1. The van der Waals surface area contributed by atoms with Crippen LogP contribution in [-0.2, 0) is 4.74 Å². The highest BCUT2D eigenvalue weighted by molar-refractivity contribution is 6.09. The number of rotatable bonds is 6. The fourth-order valence-corrected chi connectivity index (χ4v) is 3.17. The van der Waals surface area contributed by atoms with Gasteiger partial charge in [-0.3, -0.25) is 4.79 Å². The molecule has 0 saturated carbocycles. The van der Waals surface area contributed by atoms with E-state index in [0.29, 0.717) is 22.8 Å². The van der Waals surface area contributed by atoms with Crippen LogP contribution in [0, 0.1) is 0 Å². The van der Waals surface area contributed by atoms with Gasteiger partial charge in [-0.15, -0.1) is 6.58 Å². The normalized spacial score (nSPS) is 19.7. The molecule has 1 heterocycles. The lowest BCUT2D eigenvalue weighted by Gasteiger charge is -2.32. The third-order valence-electron chi connectivity index (χ3n) is 4.41. The summed E-state index contributed by atoms with van der Waals surface area (Å²) in [4.78, 5) is 13.3. The molecule has 0 fully saturated rings. The van der Waals surface area contributed by atoms with Gasteiger partial charge in [0.2, 0.25) is 5.78 Å². The molecule has 1 aliphatic rings. The zero-order chi connectivity index (χ0) is 18.0. The number of methoxy groups -OCH3 is 3. The van der Waals surface area contributed by atoms with Crippen molar-refractivity contribution in [1.29, 1.82) is 0 Å². The number of fused-ring (bicyclic) bond motifs is 1. The number of Topliss-reactive ketones (excluding diaryl/α,β-unsaturated/α-hetero) is 1. The second kappa shape index (κ2) is 6.61. The molecule has 2 aromatic rings. The zero-order valence-corrected chi connectivity index (χ0v) is 14.4. The average Bonchev–Trinajstić information content (AvgIpc) is 2.95. The molecule has 0 saturated heterocycles. The number of hydrogen-bond donors (Lipinski definition) is 0. The van der Waals surface area contributed by atoms with E-state index in [9.17, 15) is 4.79 Å². The molecule has 0 aromatic heterocycles. The molecule has 0 bridgehead atoms. The molecule has 5 nitrogen and oxygen atoms in total.